The predicted molar refractivity (Wildman–Crippen MR) is 127 cm³/mol. The van der Waals surface area contributed by atoms with Gasteiger partial charge in [0.05, 0.1) is 25.5 Å². The quantitative estimate of drug-likeness (QED) is 0.243. The van der Waals surface area contributed by atoms with Crippen LogP contribution in [-0.2, 0) is 16.1 Å². The largest absolute Gasteiger partial charge is 0.497 e. The number of aromatic nitrogens is 3. The van der Waals surface area contributed by atoms with Gasteiger partial charge >= 0.3 is 5.97 Å². The first kappa shape index (κ1) is 24.3. The Morgan fingerprint density at radius 1 is 1.21 bits per heavy atom. The maximum atomic E-state index is 12.5. The Morgan fingerprint density at radius 2 is 1.94 bits per heavy atom. The molecule has 2 aromatic heterocycles. The number of esters is 1. The Kier molecular flexibility index (Phi) is 8.50. The van der Waals surface area contributed by atoms with E-state index in [4.69, 9.17) is 14.2 Å². The lowest BCUT2D eigenvalue weighted by Crippen LogP contribution is -2.16. The summed E-state index contributed by atoms with van der Waals surface area (Å²) in [7, 11) is 2.90. The average molecular weight is 489 g/mol. The second-order valence-electron chi connectivity index (χ2n) is 6.67. The summed E-state index contributed by atoms with van der Waals surface area (Å²) in [4.78, 5) is 24.2. The SMILES string of the molecule is C=CCn1c(SCC(=O)Nc2sccc2C(=O)OC)nnc1C(C)Oc1ccc(OC)cc1. The second-order valence-corrected chi connectivity index (χ2v) is 8.53. The number of amides is 1. The number of methoxy groups -OCH3 is 2. The predicted octanol–water partition coefficient (Wildman–Crippen LogP) is 4.19. The van der Waals surface area contributed by atoms with Crippen molar-refractivity contribution in [2.24, 2.45) is 0 Å². The van der Waals surface area contributed by atoms with E-state index in [-0.39, 0.29) is 17.8 Å². The van der Waals surface area contributed by atoms with Crippen molar-refractivity contribution >= 4 is 40.0 Å². The maximum Gasteiger partial charge on any atom is 0.340 e. The van der Waals surface area contributed by atoms with Crippen LogP contribution in [0.5, 0.6) is 11.5 Å². The summed E-state index contributed by atoms with van der Waals surface area (Å²) in [5.74, 6) is 1.33. The van der Waals surface area contributed by atoms with Crippen LogP contribution in [0.25, 0.3) is 0 Å². The van der Waals surface area contributed by atoms with E-state index in [1.54, 1.807) is 24.6 Å². The molecule has 1 atom stereocenters. The fourth-order valence-corrected chi connectivity index (χ4v) is 4.44. The van der Waals surface area contributed by atoms with Crippen molar-refractivity contribution in [2.45, 2.75) is 24.7 Å². The van der Waals surface area contributed by atoms with Crippen LogP contribution in [0, 0.1) is 0 Å². The van der Waals surface area contributed by atoms with Crippen molar-refractivity contribution in [3.8, 4) is 11.5 Å². The summed E-state index contributed by atoms with van der Waals surface area (Å²) in [6.07, 6.45) is 1.34. The number of anilines is 1. The molecule has 0 saturated carbocycles. The molecule has 0 aliphatic carbocycles. The van der Waals surface area contributed by atoms with E-state index in [0.29, 0.717) is 33.8 Å². The van der Waals surface area contributed by atoms with Crippen molar-refractivity contribution in [3.05, 3.63) is 59.8 Å². The van der Waals surface area contributed by atoms with Crippen LogP contribution in [0.1, 0.15) is 29.2 Å². The number of carbonyl (C=O) groups is 2. The fraction of sp³-hybridized carbons (Fsp3) is 0.273. The molecule has 0 saturated heterocycles. The summed E-state index contributed by atoms with van der Waals surface area (Å²) >= 11 is 2.49. The number of rotatable bonds is 11. The molecule has 1 N–H and O–H groups in total. The molecule has 0 aliphatic heterocycles. The minimum Gasteiger partial charge on any atom is -0.497 e. The van der Waals surface area contributed by atoms with Gasteiger partial charge in [-0.2, -0.15) is 0 Å². The Labute approximate surface area is 199 Å². The molecule has 1 amide bonds. The van der Waals surface area contributed by atoms with Gasteiger partial charge in [0.2, 0.25) is 5.91 Å². The van der Waals surface area contributed by atoms with Crippen molar-refractivity contribution in [1.29, 1.82) is 0 Å². The molecule has 174 valence electrons. The molecule has 0 fully saturated rings. The van der Waals surface area contributed by atoms with Crippen LogP contribution in [0.3, 0.4) is 0 Å². The third-order valence-electron chi connectivity index (χ3n) is 4.45. The molecule has 3 aromatic rings. The van der Waals surface area contributed by atoms with Crippen LogP contribution in [0.4, 0.5) is 5.00 Å². The normalized spacial score (nSPS) is 11.5. The van der Waals surface area contributed by atoms with Crippen molar-refractivity contribution in [3.63, 3.8) is 0 Å². The zero-order chi connectivity index (χ0) is 23.8. The van der Waals surface area contributed by atoms with Gasteiger partial charge in [-0.25, -0.2) is 4.79 Å². The highest BCUT2D eigenvalue weighted by Gasteiger charge is 2.21. The molecule has 11 heteroatoms. The Balaban J connectivity index is 1.66. The molecular formula is C22H24N4O5S2. The van der Waals surface area contributed by atoms with Gasteiger partial charge in [0.25, 0.3) is 0 Å². The molecule has 0 aliphatic rings. The summed E-state index contributed by atoms with van der Waals surface area (Å²) in [5.41, 5.74) is 0.322. The number of nitrogens with one attached hydrogen (secondary N) is 1. The Bertz CT molecular complexity index is 1110. The molecule has 1 aromatic carbocycles. The number of allylic oxidation sites excluding steroid dienone is 1. The highest BCUT2D eigenvalue weighted by atomic mass is 32.2. The average Bonchev–Trinajstić information content (AvgIpc) is 3.45. The second kappa shape index (κ2) is 11.5. The van der Waals surface area contributed by atoms with Gasteiger partial charge < -0.3 is 19.5 Å². The van der Waals surface area contributed by atoms with Crippen LogP contribution >= 0.6 is 23.1 Å². The third-order valence-corrected chi connectivity index (χ3v) is 6.25. The standard InChI is InChI=1S/C22H24N4O5S2/c1-5-11-26-19(14(2)31-16-8-6-15(29-3)7-9-16)24-25-22(26)33-13-18(27)23-20-17(10-12-32-20)21(28)30-4/h5-10,12,14H,1,11,13H2,2-4H3,(H,23,27). The first-order chi connectivity index (χ1) is 16.0. The molecule has 0 bridgehead atoms. The van der Waals surface area contributed by atoms with E-state index >= 15 is 0 Å². The maximum absolute atomic E-state index is 12.5. The minimum absolute atomic E-state index is 0.0848. The fourth-order valence-electron chi connectivity index (χ4n) is 2.89. The number of nitrogens with zero attached hydrogens (tertiary/aromatic N) is 3. The monoisotopic (exact) mass is 488 g/mol. The molecule has 9 nitrogen and oxygen atoms in total. The van der Waals surface area contributed by atoms with E-state index in [9.17, 15) is 9.59 Å². The number of ether oxygens (including phenoxy) is 3. The first-order valence-corrected chi connectivity index (χ1v) is 11.8. The summed E-state index contributed by atoms with van der Waals surface area (Å²) in [5, 5.41) is 14.0. The number of thiophene rings is 1. The highest BCUT2D eigenvalue weighted by Crippen LogP contribution is 2.27. The van der Waals surface area contributed by atoms with Gasteiger partial charge in [0.1, 0.15) is 16.5 Å². The molecule has 33 heavy (non-hydrogen) atoms. The number of carbonyl (C=O) groups excluding carboxylic acids is 2. The molecular weight excluding hydrogens is 464 g/mol. The topological polar surface area (TPSA) is 105 Å². The van der Waals surface area contributed by atoms with Crippen LogP contribution in [0.2, 0.25) is 0 Å². The lowest BCUT2D eigenvalue weighted by atomic mass is 10.3. The Hall–Kier alpha value is -3.31. The highest BCUT2D eigenvalue weighted by molar-refractivity contribution is 7.99. The minimum atomic E-state index is -0.500. The lowest BCUT2D eigenvalue weighted by molar-refractivity contribution is -0.113. The molecule has 1 unspecified atom stereocenters. The van der Waals surface area contributed by atoms with Gasteiger partial charge in [0.15, 0.2) is 17.1 Å². The molecule has 2 heterocycles. The van der Waals surface area contributed by atoms with Crippen molar-refractivity contribution in [2.75, 3.05) is 25.3 Å². The number of thioether (sulfide) groups is 1. The first-order valence-electron chi connectivity index (χ1n) is 9.90. The van der Waals surface area contributed by atoms with E-state index in [1.165, 1.54) is 30.2 Å². The Morgan fingerprint density at radius 3 is 2.61 bits per heavy atom. The summed E-state index contributed by atoms with van der Waals surface area (Å²) in [6.45, 7) is 6.13. The zero-order valence-electron chi connectivity index (χ0n) is 18.4. The summed E-state index contributed by atoms with van der Waals surface area (Å²) in [6, 6.07) is 8.87. The number of hydrogen-bond acceptors (Lipinski definition) is 9. The van der Waals surface area contributed by atoms with Crippen molar-refractivity contribution < 1.29 is 23.8 Å². The van der Waals surface area contributed by atoms with E-state index in [0.717, 1.165) is 5.75 Å². The van der Waals surface area contributed by atoms with E-state index in [2.05, 4.69) is 22.1 Å². The van der Waals surface area contributed by atoms with Crippen LogP contribution < -0.4 is 14.8 Å². The van der Waals surface area contributed by atoms with Crippen LogP contribution in [-0.4, -0.2) is 46.6 Å². The van der Waals surface area contributed by atoms with Gasteiger partial charge in [-0.1, -0.05) is 17.8 Å². The van der Waals surface area contributed by atoms with Gasteiger partial charge in [-0.15, -0.1) is 28.1 Å². The number of benzene rings is 1. The van der Waals surface area contributed by atoms with Crippen molar-refractivity contribution in [1.82, 2.24) is 14.8 Å². The van der Waals surface area contributed by atoms with Crippen LogP contribution in [0.15, 0.2) is 53.5 Å². The molecule has 3 rings (SSSR count). The molecule has 0 spiro atoms. The zero-order valence-corrected chi connectivity index (χ0v) is 20.1. The smallest absolute Gasteiger partial charge is 0.340 e. The van der Waals surface area contributed by atoms with E-state index in [1.807, 2.05) is 35.8 Å². The third kappa shape index (κ3) is 6.14. The molecule has 0 radical (unpaired) electrons. The summed E-state index contributed by atoms with van der Waals surface area (Å²) < 4.78 is 17.7. The van der Waals surface area contributed by atoms with Gasteiger partial charge in [-0.05, 0) is 42.6 Å². The van der Waals surface area contributed by atoms with Gasteiger partial charge in [0, 0.05) is 6.54 Å². The van der Waals surface area contributed by atoms with E-state index < -0.39 is 5.97 Å². The lowest BCUT2D eigenvalue weighted by Gasteiger charge is -2.16. The van der Waals surface area contributed by atoms with Gasteiger partial charge in [-0.3, -0.25) is 9.36 Å². The number of hydrogen-bond donors (Lipinski definition) is 1.